The van der Waals surface area contributed by atoms with Crippen LogP contribution in [-0.4, -0.2) is 16.6 Å². The Labute approximate surface area is 127 Å². The molecule has 0 saturated heterocycles. The van der Waals surface area contributed by atoms with Crippen molar-refractivity contribution in [2.24, 2.45) is 11.3 Å². The van der Waals surface area contributed by atoms with Crippen LogP contribution in [0.4, 0.5) is 5.69 Å². The Morgan fingerprint density at radius 1 is 1.19 bits per heavy atom. The maximum atomic E-state index is 11.9. The lowest BCUT2D eigenvalue weighted by Gasteiger charge is -2.32. The number of nitrogens with one attached hydrogen (secondary N) is 1. The molecule has 116 valence electrons. The number of benzene rings is 1. The highest BCUT2D eigenvalue weighted by atomic mass is 16.4. The molecule has 1 aromatic rings. The molecule has 2 unspecified atom stereocenters. The number of para-hydroxylation sites is 1. The van der Waals surface area contributed by atoms with Crippen molar-refractivity contribution in [3.63, 3.8) is 0 Å². The third kappa shape index (κ3) is 3.78. The summed E-state index contributed by atoms with van der Waals surface area (Å²) in [4.78, 5) is 11.9. The second-order valence-electron chi connectivity index (χ2n) is 7.37. The molecule has 0 bridgehead atoms. The molecule has 3 nitrogen and oxygen atoms in total. The van der Waals surface area contributed by atoms with Gasteiger partial charge in [0.2, 0.25) is 0 Å². The molecule has 2 atom stereocenters. The van der Waals surface area contributed by atoms with Crippen molar-refractivity contribution >= 4 is 11.7 Å². The van der Waals surface area contributed by atoms with E-state index in [2.05, 4.69) is 26.1 Å². The zero-order chi connectivity index (χ0) is 15.5. The van der Waals surface area contributed by atoms with Gasteiger partial charge in [-0.25, -0.2) is 4.79 Å². The van der Waals surface area contributed by atoms with Gasteiger partial charge in [-0.1, -0.05) is 45.4 Å². The second kappa shape index (κ2) is 6.08. The monoisotopic (exact) mass is 289 g/mol. The lowest BCUT2D eigenvalue weighted by molar-refractivity contribution is -0.142. The third-order valence-corrected chi connectivity index (χ3v) is 4.87. The summed E-state index contributed by atoms with van der Waals surface area (Å²) in [6.45, 7) is 6.78. The van der Waals surface area contributed by atoms with E-state index in [0.717, 1.165) is 24.9 Å². The number of hydrogen-bond donors (Lipinski definition) is 2. The fraction of sp³-hybridized carbons (Fsp3) is 0.611. The van der Waals surface area contributed by atoms with Gasteiger partial charge in [-0.2, -0.15) is 0 Å². The lowest BCUT2D eigenvalue weighted by atomic mass is 9.76. The van der Waals surface area contributed by atoms with Crippen LogP contribution in [0.3, 0.4) is 0 Å². The summed E-state index contributed by atoms with van der Waals surface area (Å²) >= 11 is 0. The van der Waals surface area contributed by atoms with E-state index >= 15 is 0 Å². The minimum Gasteiger partial charge on any atom is -0.480 e. The summed E-state index contributed by atoms with van der Waals surface area (Å²) in [5.41, 5.74) is 0.331. The molecule has 0 spiro atoms. The SMILES string of the molecule is CC(C)(C)C1CCCC(Nc2ccccc2)(C(=O)O)CC1. The van der Waals surface area contributed by atoms with Crippen molar-refractivity contribution in [3.8, 4) is 0 Å². The first kappa shape index (κ1) is 15.9. The summed E-state index contributed by atoms with van der Waals surface area (Å²) in [6.07, 6.45) is 4.45. The van der Waals surface area contributed by atoms with Crippen molar-refractivity contribution in [1.82, 2.24) is 0 Å². The molecule has 21 heavy (non-hydrogen) atoms. The minimum absolute atomic E-state index is 0.251. The third-order valence-electron chi connectivity index (χ3n) is 4.87. The summed E-state index contributed by atoms with van der Waals surface area (Å²) < 4.78 is 0. The van der Waals surface area contributed by atoms with E-state index in [1.807, 2.05) is 30.3 Å². The van der Waals surface area contributed by atoms with Crippen LogP contribution in [-0.2, 0) is 4.79 Å². The first-order valence-electron chi connectivity index (χ1n) is 7.90. The largest absolute Gasteiger partial charge is 0.480 e. The topological polar surface area (TPSA) is 49.3 Å². The van der Waals surface area contributed by atoms with E-state index in [1.54, 1.807) is 0 Å². The van der Waals surface area contributed by atoms with Crippen LogP contribution in [0.1, 0.15) is 52.9 Å². The fourth-order valence-electron chi connectivity index (χ4n) is 3.40. The highest BCUT2D eigenvalue weighted by Crippen LogP contribution is 2.41. The van der Waals surface area contributed by atoms with E-state index in [0.29, 0.717) is 18.8 Å². The summed E-state index contributed by atoms with van der Waals surface area (Å²) in [7, 11) is 0. The van der Waals surface area contributed by atoms with E-state index in [-0.39, 0.29) is 5.41 Å². The van der Waals surface area contributed by atoms with Crippen LogP contribution in [0.15, 0.2) is 30.3 Å². The van der Waals surface area contributed by atoms with E-state index in [1.165, 1.54) is 0 Å². The van der Waals surface area contributed by atoms with Crippen LogP contribution >= 0.6 is 0 Å². The number of anilines is 1. The summed E-state index contributed by atoms with van der Waals surface area (Å²) in [5.74, 6) is -0.128. The number of carboxylic acids is 1. The number of aliphatic carboxylic acids is 1. The van der Waals surface area contributed by atoms with Crippen LogP contribution in [0, 0.1) is 11.3 Å². The molecule has 3 heteroatoms. The molecule has 0 aliphatic heterocycles. The predicted molar refractivity (Wildman–Crippen MR) is 86.5 cm³/mol. The van der Waals surface area contributed by atoms with Crippen molar-refractivity contribution in [3.05, 3.63) is 30.3 Å². The van der Waals surface area contributed by atoms with Gasteiger partial charge < -0.3 is 10.4 Å². The summed E-state index contributed by atoms with van der Waals surface area (Å²) in [5, 5.41) is 13.1. The van der Waals surface area contributed by atoms with Gasteiger partial charge in [0, 0.05) is 5.69 Å². The Balaban J connectivity index is 2.18. The Hall–Kier alpha value is -1.51. The lowest BCUT2D eigenvalue weighted by Crippen LogP contribution is -2.46. The molecule has 2 N–H and O–H groups in total. The van der Waals surface area contributed by atoms with Gasteiger partial charge >= 0.3 is 5.97 Å². The predicted octanol–water partition coefficient (Wildman–Crippen LogP) is 4.55. The Morgan fingerprint density at radius 2 is 1.86 bits per heavy atom. The molecule has 1 aromatic carbocycles. The van der Waals surface area contributed by atoms with Crippen molar-refractivity contribution in [2.75, 3.05) is 5.32 Å². The standard InChI is InChI=1S/C18H27NO2/c1-17(2,3)14-8-7-12-18(13-11-14,16(20)21)19-15-9-5-4-6-10-15/h4-6,9-10,14,19H,7-8,11-13H2,1-3H3,(H,20,21). The second-order valence-corrected chi connectivity index (χ2v) is 7.37. The number of rotatable bonds is 3. The quantitative estimate of drug-likeness (QED) is 0.803. The molecule has 1 aliphatic carbocycles. The van der Waals surface area contributed by atoms with Crippen molar-refractivity contribution in [1.29, 1.82) is 0 Å². The maximum Gasteiger partial charge on any atom is 0.329 e. The highest BCUT2D eigenvalue weighted by Gasteiger charge is 2.41. The van der Waals surface area contributed by atoms with Gasteiger partial charge in [-0.15, -0.1) is 0 Å². The highest BCUT2D eigenvalue weighted by molar-refractivity contribution is 5.82. The van der Waals surface area contributed by atoms with Gasteiger partial charge in [0.05, 0.1) is 0 Å². The van der Waals surface area contributed by atoms with E-state index in [9.17, 15) is 9.90 Å². The van der Waals surface area contributed by atoms with Gasteiger partial charge in [0.25, 0.3) is 0 Å². The molecule has 0 aromatic heterocycles. The fourth-order valence-corrected chi connectivity index (χ4v) is 3.40. The van der Waals surface area contributed by atoms with Gasteiger partial charge in [0.1, 0.15) is 5.54 Å². The zero-order valence-electron chi connectivity index (χ0n) is 13.4. The average Bonchev–Trinajstić information content (AvgIpc) is 2.63. The number of hydrogen-bond acceptors (Lipinski definition) is 2. The van der Waals surface area contributed by atoms with Crippen LogP contribution in [0.5, 0.6) is 0 Å². The zero-order valence-corrected chi connectivity index (χ0v) is 13.4. The molecular weight excluding hydrogens is 262 g/mol. The van der Waals surface area contributed by atoms with Crippen molar-refractivity contribution < 1.29 is 9.90 Å². The molecule has 0 heterocycles. The average molecular weight is 289 g/mol. The van der Waals surface area contributed by atoms with Crippen LogP contribution in [0.25, 0.3) is 0 Å². The van der Waals surface area contributed by atoms with Gasteiger partial charge in [-0.3, -0.25) is 0 Å². The Bertz CT molecular complexity index is 478. The Morgan fingerprint density at radius 3 is 2.43 bits per heavy atom. The maximum absolute atomic E-state index is 11.9. The van der Waals surface area contributed by atoms with Gasteiger partial charge in [-0.05, 0) is 49.1 Å². The van der Waals surface area contributed by atoms with E-state index in [4.69, 9.17) is 0 Å². The first-order valence-corrected chi connectivity index (χ1v) is 7.90. The van der Waals surface area contributed by atoms with Gasteiger partial charge in [0.15, 0.2) is 0 Å². The number of carbonyl (C=O) groups is 1. The molecular formula is C18H27NO2. The first-order chi connectivity index (χ1) is 9.83. The molecule has 0 radical (unpaired) electrons. The Kier molecular flexibility index (Phi) is 4.60. The van der Waals surface area contributed by atoms with Crippen molar-refractivity contribution in [2.45, 2.75) is 58.4 Å². The molecule has 1 aliphatic rings. The van der Waals surface area contributed by atoms with Crippen LogP contribution < -0.4 is 5.32 Å². The van der Waals surface area contributed by atoms with E-state index < -0.39 is 11.5 Å². The number of carboxylic acid groups (broad SMARTS) is 1. The molecule has 1 fully saturated rings. The smallest absolute Gasteiger partial charge is 0.329 e. The minimum atomic E-state index is -0.818. The molecule has 1 saturated carbocycles. The molecule has 2 rings (SSSR count). The molecule has 0 amide bonds. The van der Waals surface area contributed by atoms with Crippen LogP contribution in [0.2, 0.25) is 0 Å². The normalized spacial score (nSPS) is 26.9. The summed E-state index contributed by atoms with van der Waals surface area (Å²) in [6, 6.07) is 9.70.